The first-order valence-electron chi connectivity index (χ1n) is 5.84. The van der Waals surface area contributed by atoms with E-state index in [2.05, 4.69) is 10.3 Å². The summed E-state index contributed by atoms with van der Waals surface area (Å²) in [5.74, 6) is 0.558. The van der Waals surface area contributed by atoms with E-state index in [0.29, 0.717) is 16.6 Å². The average Bonchev–Trinajstić information content (AvgIpc) is 2.38. The molecule has 3 N–H and O–H groups in total. The van der Waals surface area contributed by atoms with E-state index in [0.717, 1.165) is 31.9 Å². The lowest BCUT2D eigenvalue weighted by Crippen LogP contribution is -2.25. The molecule has 0 bridgehead atoms. The van der Waals surface area contributed by atoms with Gasteiger partial charge in [0, 0.05) is 19.3 Å². The molecule has 1 aliphatic rings. The van der Waals surface area contributed by atoms with Crippen molar-refractivity contribution in [3.63, 3.8) is 0 Å². The highest BCUT2D eigenvalue weighted by molar-refractivity contribution is 7.80. The Morgan fingerprint density at radius 3 is 3.24 bits per heavy atom. The highest BCUT2D eigenvalue weighted by atomic mass is 32.1. The zero-order valence-corrected chi connectivity index (χ0v) is 10.5. The van der Waals surface area contributed by atoms with Gasteiger partial charge in [-0.15, -0.1) is 0 Å². The van der Waals surface area contributed by atoms with Gasteiger partial charge in [0.1, 0.15) is 10.7 Å². The first kappa shape index (κ1) is 12.3. The Morgan fingerprint density at radius 1 is 1.65 bits per heavy atom. The molecule has 1 fully saturated rings. The third kappa shape index (κ3) is 3.38. The Bertz CT molecular complexity index is 391. The van der Waals surface area contributed by atoms with Crippen molar-refractivity contribution in [3.05, 3.63) is 24.0 Å². The van der Waals surface area contributed by atoms with E-state index in [9.17, 15) is 0 Å². The van der Waals surface area contributed by atoms with E-state index in [-0.39, 0.29) is 0 Å². The fraction of sp³-hybridized carbons (Fsp3) is 0.500. The van der Waals surface area contributed by atoms with Crippen molar-refractivity contribution in [1.29, 1.82) is 0 Å². The van der Waals surface area contributed by atoms with Gasteiger partial charge in [0.2, 0.25) is 0 Å². The van der Waals surface area contributed by atoms with Crippen molar-refractivity contribution in [2.45, 2.75) is 12.8 Å². The molecular formula is C12H17N3OS. The molecular weight excluding hydrogens is 234 g/mol. The molecule has 0 amide bonds. The van der Waals surface area contributed by atoms with Gasteiger partial charge in [0.25, 0.3) is 0 Å². The molecule has 92 valence electrons. The standard InChI is InChI=1S/C12H17N3OS/c13-12(17)11-10(4-1-5-14-11)15-7-9-3-2-6-16-8-9/h1,4-5,9,15H,2-3,6-8H2,(H2,13,17). The number of hydrogen-bond donors (Lipinski definition) is 2. The summed E-state index contributed by atoms with van der Waals surface area (Å²) in [7, 11) is 0. The fourth-order valence-electron chi connectivity index (χ4n) is 1.97. The summed E-state index contributed by atoms with van der Waals surface area (Å²) in [4.78, 5) is 4.51. The van der Waals surface area contributed by atoms with Gasteiger partial charge in [-0.3, -0.25) is 4.98 Å². The van der Waals surface area contributed by atoms with Gasteiger partial charge in [-0.05, 0) is 30.9 Å². The van der Waals surface area contributed by atoms with Crippen LogP contribution in [0.1, 0.15) is 18.5 Å². The van der Waals surface area contributed by atoms with Crippen LogP contribution in [0, 0.1) is 5.92 Å². The van der Waals surface area contributed by atoms with Crippen LogP contribution in [0.4, 0.5) is 5.69 Å². The van der Waals surface area contributed by atoms with Crippen LogP contribution in [0.15, 0.2) is 18.3 Å². The summed E-state index contributed by atoms with van der Waals surface area (Å²) in [6, 6.07) is 3.83. The Kier molecular flexibility index (Phi) is 4.28. The van der Waals surface area contributed by atoms with Crippen LogP contribution >= 0.6 is 12.2 Å². The molecule has 0 aliphatic carbocycles. The highest BCUT2D eigenvalue weighted by Gasteiger charge is 2.14. The molecule has 0 saturated carbocycles. The minimum atomic E-state index is 0.327. The lowest BCUT2D eigenvalue weighted by molar-refractivity contribution is 0.0595. The van der Waals surface area contributed by atoms with Gasteiger partial charge in [0.05, 0.1) is 12.3 Å². The van der Waals surface area contributed by atoms with Crippen molar-refractivity contribution in [2.24, 2.45) is 11.7 Å². The molecule has 1 atom stereocenters. The lowest BCUT2D eigenvalue weighted by Gasteiger charge is -2.23. The first-order chi connectivity index (χ1) is 8.27. The molecule has 0 spiro atoms. The van der Waals surface area contributed by atoms with Crippen LogP contribution < -0.4 is 11.1 Å². The third-order valence-electron chi connectivity index (χ3n) is 2.88. The van der Waals surface area contributed by atoms with Crippen LogP contribution in [0.5, 0.6) is 0 Å². The third-order valence-corrected chi connectivity index (χ3v) is 3.07. The molecule has 2 rings (SSSR count). The summed E-state index contributed by atoms with van der Waals surface area (Å²) >= 11 is 4.97. The number of thiocarbonyl (C=S) groups is 1. The summed E-state index contributed by atoms with van der Waals surface area (Å²) < 4.78 is 5.44. The van der Waals surface area contributed by atoms with E-state index in [4.69, 9.17) is 22.7 Å². The molecule has 5 heteroatoms. The van der Waals surface area contributed by atoms with Crippen LogP contribution in [-0.2, 0) is 4.74 Å². The van der Waals surface area contributed by atoms with E-state index < -0.39 is 0 Å². The second-order valence-electron chi connectivity index (χ2n) is 4.23. The first-order valence-corrected chi connectivity index (χ1v) is 6.24. The van der Waals surface area contributed by atoms with Crippen molar-refractivity contribution in [1.82, 2.24) is 4.98 Å². The summed E-state index contributed by atoms with van der Waals surface area (Å²) in [6.07, 6.45) is 4.04. The van der Waals surface area contributed by atoms with Gasteiger partial charge in [-0.2, -0.15) is 0 Å². The molecule has 1 aliphatic heterocycles. The van der Waals surface area contributed by atoms with Crippen molar-refractivity contribution >= 4 is 22.9 Å². The van der Waals surface area contributed by atoms with Gasteiger partial charge < -0.3 is 15.8 Å². The Hall–Kier alpha value is -1.20. The van der Waals surface area contributed by atoms with E-state index in [1.807, 2.05) is 12.1 Å². The second kappa shape index (κ2) is 5.93. The topological polar surface area (TPSA) is 60.2 Å². The molecule has 0 aromatic carbocycles. The van der Waals surface area contributed by atoms with Crippen LogP contribution in [0.2, 0.25) is 0 Å². The number of aromatic nitrogens is 1. The average molecular weight is 251 g/mol. The fourth-order valence-corrected chi connectivity index (χ4v) is 2.13. The van der Waals surface area contributed by atoms with Crippen molar-refractivity contribution in [2.75, 3.05) is 25.1 Å². The minimum absolute atomic E-state index is 0.327. The van der Waals surface area contributed by atoms with Crippen LogP contribution in [0.3, 0.4) is 0 Å². The number of anilines is 1. The zero-order valence-electron chi connectivity index (χ0n) is 9.69. The number of nitrogens with two attached hydrogens (primary N) is 1. The number of pyridine rings is 1. The molecule has 17 heavy (non-hydrogen) atoms. The van der Waals surface area contributed by atoms with Crippen LogP contribution in [0.25, 0.3) is 0 Å². The second-order valence-corrected chi connectivity index (χ2v) is 4.67. The van der Waals surface area contributed by atoms with E-state index >= 15 is 0 Å². The van der Waals surface area contributed by atoms with E-state index in [1.54, 1.807) is 6.20 Å². The molecule has 2 heterocycles. The minimum Gasteiger partial charge on any atom is -0.388 e. The maximum absolute atomic E-state index is 5.63. The maximum atomic E-state index is 5.63. The molecule has 4 nitrogen and oxygen atoms in total. The normalized spacial score (nSPS) is 19.9. The predicted molar refractivity (Wildman–Crippen MR) is 72.2 cm³/mol. The van der Waals surface area contributed by atoms with Crippen molar-refractivity contribution < 1.29 is 4.74 Å². The number of nitrogens with zero attached hydrogens (tertiary/aromatic N) is 1. The Morgan fingerprint density at radius 2 is 2.53 bits per heavy atom. The zero-order chi connectivity index (χ0) is 12.1. The monoisotopic (exact) mass is 251 g/mol. The number of rotatable bonds is 4. The summed E-state index contributed by atoms with van der Waals surface area (Å²) in [6.45, 7) is 2.60. The Labute approximate surface area is 107 Å². The van der Waals surface area contributed by atoms with Crippen molar-refractivity contribution in [3.8, 4) is 0 Å². The number of nitrogens with one attached hydrogen (secondary N) is 1. The van der Waals surface area contributed by atoms with Gasteiger partial charge in [-0.1, -0.05) is 12.2 Å². The SMILES string of the molecule is NC(=S)c1ncccc1NCC1CCCOC1. The molecule has 1 saturated heterocycles. The highest BCUT2D eigenvalue weighted by Crippen LogP contribution is 2.17. The molecule has 1 unspecified atom stereocenters. The number of ether oxygens (including phenoxy) is 1. The van der Waals surface area contributed by atoms with E-state index in [1.165, 1.54) is 6.42 Å². The maximum Gasteiger partial charge on any atom is 0.124 e. The summed E-state index contributed by atoms with van der Waals surface area (Å²) in [5.41, 5.74) is 7.20. The van der Waals surface area contributed by atoms with Crippen LogP contribution in [-0.4, -0.2) is 29.7 Å². The van der Waals surface area contributed by atoms with Gasteiger partial charge >= 0.3 is 0 Å². The van der Waals surface area contributed by atoms with Gasteiger partial charge in [-0.25, -0.2) is 0 Å². The summed E-state index contributed by atoms with van der Waals surface area (Å²) in [5, 5.41) is 3.35. The Balaban J connectivity index is 1.96. The van der Waals surface area contributed by atoms with Gasteiger partial charge in [0.15, 0.2) is 0 Å². The quantitative estimate of drug-likeness (QED) is 0.795. The predicted octanol–water partition coefficient (Wildman–Crippen LogP) is 1.55. The molecule has 1 aromatic rings. The number of hydrogen-bond acceptors (Lipinski definition) is 4. The lowest BCUT2D eigenvalue weighted by atomic mass is 10.0. The smallest absolute Gasteiger partial charge is 0.124 e. The molecule has 1 aromatic heterocycles. The largest absolute Gasteiger partial charge is 0.388 e. The molecule has 0 radical (unpaired) electrons.